The lowest BCUT2D eigenvalue weighted by Gasteiger charge is -2.26. The van der Waals surface area contributed by atoms with Crippen LogP contribution in [0.15, 0.2) is 12.1 Å². The molecule has 0 heterocycles. The fourth-order valence-electron chi connectivity index (χ4n) is 3.46. The number of ether oxygens (including phenoxy) is 2. The molecule has 4 radical (unpaired) electrons. The number of carbonyl (C=O) groups is 2. The molecule has 0 unspecified atom stereocenters. The van der Waals surface area contributed by atoms with Crippen LogP contribution in [0.3, 0.4) is 0 Å². The second kappa shape index (κ2) is 10.3. The molecule has 1 aliphatic rings. The second-order valence-corrected chi connectivity index (χ2v) is 8.80. The maximum absolute atomic E-state index is 12.6. The molecule has 1 N–H and O–H groups in total. The maximum atomic E-state index is 12.6. The Labute approximate surface area is 174 Å². The van der Waals surface area contributed by atoms with Crippen molar-refractivity contribution >= 4 is 37.7 Å². The lowest BCUT2D eigenvalue weighted by Crippen LogP contribution is -2.30. The molecule has 0 aliphatic heterocycles. The number of aryl methyl sites for hydroxylation is 1. The molecule has 0 bridgehead atoms. The third-order valence-electron chi connectivity index (χ3n) is 5.05. The SMILES string of the molecule is [B]Cc1cc(C)c(OC(=O)C2CCC(C(=O)OCCS(=O)(=O)O)CC2)c(C[B])c1. The molecule has 0 atom stereocenters. The van der Waals surface area contributed by atoms with Gasteiger partial charge >= 0.3 is 11.9 Å². The number of hydrogen-bond acceptors (Lipinski definition) is 6. The Hall–Kier alpha value is -1.80. The first kappa shape index (κ1) is 23.5. The molecule has 0 spiro atoms. The summed E-state index contributed by atoms with van der Waals surface area (Å²) in [5, 5.41) is 0. The van der Waals surface area contributed by atoms with Gasteiger partial charge in [-0.25, -0.2) is 0 Å². The number of carbonyl (C=O) groups excluding carboxylic acids is 2. The number of benzene rings is 1. The largest absolute Gasteiger partial charge is 0.464 e. The van der Waals surface area contributed by atoms with E-state index in [-0.39, 0.29) is 24.8 Å². The summed E-state index contributed by atoms with van der Waals surface area (Å²) in [5.41, 5.74) is 2.42. The van der Waals surface area contributed by atoms with E-state index >= 15 is 0 Å². The average molecular weight is 418 g/mol. The minimum absolute atomic E-state index is 0.222. The summed E-state index contributed by atoms with van der Waals surface area (Å²) in [6.07, 6.45) is 2.41. The van der Waals surface area contributed by atoms with E-state index in [0.717, 1.165) is 16.7 Å². The Balaban J connectivity index is 1.90. The van der Waals surface area contributed by atoms with Crippen molar-refractivity contribution in [2.75, 3.05) is 12.4 Å². The topological polar surface area (TPSA) is 107 Å². The molecule has 1 aliphatic carbocycles. The molecule has 1 aromatic rings. The predicted octanol–water partition coefficient (Wildman–Crippen LogP) is 1.47. The fraction of sp³-hybridized carbons (Fsp3) is 0.579. The summed E-state index contributed by atoms with van der Waals surface area (Å²) in [4.78, 5) is 24.6. The lowest BCUT2D eigenvalue weighted by atomic mass is 9.82. The van der Waals surface area contributed by atoms with Crippen LogP contribution in [-0.4, -0.2) is 53.0 Å². The number of hydrogen-bond donors (Lipinski definition) is 1. The predicted molar refractivity (Wildman–Crippen MR) is 109 cm³/mol. The summed E-state index contributed by atoms with van der Waals surface area (Å²) in [5.74, 6) is -1.78. The quantitative estimate of drug-likeness (QED) is 0.295. The molecule has 1 aromatic carbocycles. The van der Waals surface area contributed by atoms with Crippen molar-refractivity contribution in [2.24, 2.45) is 11.8 Å². The molecule has 0 saturated heterocycles. The van der Waals surface area contributed by atoms with Crippen LogP contribution in [0.1, 0.15) is 42.4 Å². The van der Waals surface area contributed by atoms with Crippen molar-refractivity contribution in [1.29, 1.82) is 0 Å². The van der Waals surface area contributed by atoms with Gasteiger partial charge in [0.2, 0.25) is 0 Å². The van der Waals surface area contributed by atoms with E-state index in [9.17, 15) is 18.0 Å². The first-order chi connectivity index (χ1) is 13.6. The smallest absolute Gasteiger partial charge is 0.314 e. The van der Waals surface area contributed by atoms with Crippen LogP contribution in [0.4, 0.5) is 0 Å². The van der Waals surface area contributed by atoms with Gasteiger partial charge in [0.15, 0.2) is 0 Å². The van der Waals surface area contributed by atoms with Crippen LogP contribution in [-0.2, 0) is 37.1 Å². The van der Waals surface area contributed by atoms with E-state index in [1.165, 1.54) is 0 Å². The Morgan fingerprint density at radius 1 is 1.07 bits per heavy atom. The monoisotopic (exact) mass is 418 g/mol. The van der Waals surface area contributed by atoms with Gasteiger partial charge in [0.1, 0.15) is 18.1 Å². The second-order valence-electron chi connectivity index (χ2n) is 7.23. The summed E-state index contributed by atoms with van der Waals surface area (Å²) < 4.78 is 40.5. The Kier molecular flexibility index (Phi) is 8.34. The Morgan fingerprint density at radius 3 is 2.17 bits per heavy atom. The van der Waals surface area contributed by atoms with Gasteiger partial charge in [0.25, 0.3) is 10.1 Å². The first-order valence-electron chi connectivity index (χ1n) is 9.50. The highest BCUT2D eigenvalue weighted by molar-refractivity contribution is 7.85. The van der Waals surface area contributed by atoms with Gasteiger partial charge in [-0.1, -0.05) is 30.3 Å². The molecule has 1 fully saturated rings. The maximum Gasteiger partial charge on any atom is 0.314 e. The number of esters is 2. The average Bonchev–Trinajstić information content (AvgIpc) is 2.68. The van der Waals surface area contributed by atoms with Crippen LogP contribution in [0.25, 0.3) is 0 Å². The molecule has 0 amide bonds. The van der Waals surface area contributed by atoms with Gasteiger partial charge in [-0.15, -0.1) is 0 Å². The highest BCUT2D eigenvalue weighted by atomic mass is 32.2. The van der Waals surface area contributed by atoms with E-state index < -0.39 is 27.8 Å². The zero-order chi connectivity index (χ0) is 21.6. The normalized spacial score (nSPS) is 19.5. The van der Waals surface area contributed by atoms with Crippen molar-refractivity contribution in [3.63, 3.8) is 0 Å². The standard InChI is InChI=1S/C19H24B2O7S/c1-12-8-13(10-20)9-16(11-21)17(12)28-19(23)15-4-2-14(3-5-15)18(22)27-6-7-29(24,25)26/h8-9,14-15H,2-7,10-11H2,1H3,(H,24,25,26). The summed E-state index contributed by atoms with van der Waals surface area (Å²) in [6.45, 7) is 1.44. The van der Waals surface area contributed by atoms with Crippen molar-refractivity contribution in [2.45, 2.75) is 45.2 Å². The Morgan fingerprint density at radius 2 is 1.66 bits per heavy atom. The molecule has 2 rings (SSSR count). The van der Waals surface area contributed by atoms with Crippen LogP contribution in [0.5, 0.6) is 5.75 Å². The third kappa shape index (κ3) is 6.89. The molecule has 29 heavy (non-hydrogen) atoms. The molecule has 10 heteroatoms. The van der Waals surface area contributed by atoms with Gasteiger partial charge in [0, 0.05) is 0 Å². The summed E-state index contributed by atoms with van der Waals surface area (Å²) >= 11 is 0. The van der Waals surface area contributed by atoms with E-state index in [1.54, 1.807) is 0 Å². The van der Waals surface area contributed by atoms with Crippen molar-refractivity contribution in [1.82, 2.24) is 0 Å². The molecule has 0 aromatic heterocycles. The molecule has 7 nitrogen and oxygen atoms in total. The Bertz CT molecular complexity index is 846. The highest BCUT2D eigenvalue weighted by Crippen LogP contribution is 2.32. The molecular formula is C19H24B2O7S. The van der Waals surface area contributed by atoms with E-state index in [4.69, 9.17) is 29.7 Å². The van der Waals surface area contributed by atoms with Gasteiger partial charge in [-0.2, -0.15) is 8.42 Å². The minimum Gasteiger partial charge on any atom is -0.464 e. The van der Waals surface area contributed by atoms with E-state index in [0.29, 0.717) is 37.8 Å². The minimum atomic E-state index is -4.17. The summed E-state index contributed by atoms with van der Waals surface area (Å²) in [7, 11) is 7.28. The van der Waals surface area contributed by atoms with Crippen LogP contribution >= 0.6 is 0 Å². The van der Waals surface area contributed by atoms with Gasteiger partial charge in [-0.3, -0.25) is 14.1 Å². The lowest BCUT2D eigenvalue weighted by molar-refractivity contribution is -0.151. The number of rotatable bonds is 8. The van der Waals surface area contributed by atoms with Gasteiger partial charge in [-0.05, 0) is 43.7 Å². The molecular weight excluding hydrogens is 394 g/mol. The van der Waals surface area contributed by atoms with E-state index in [2.05, 4.69) is 0 Å². The first-order valence-corrected chi connectivity index (χ1v) is 11.1. The summed E-state index contributed by atoms with van der Waals surface area (Å²) in [6, 6.07) is 3.69. The molecule has 1 saturated carbocycles. The highest BCUT2D eigenvalue weighted by Gasteiger charge is 2.32. The van der Waals surface area contributed by atoms with Crippen molar-refractivity contribution in [3.8, 4) is 5.75 Å². The van der Waals surface area contributed by atoms with Crippen LogP contribution < -0.4 is 4.74 Å². The third-order valence-corrected chi connectivity index (χ3v) is 5.73. The van der Waals surface area contributed by atoms with Gasteiger partial charge in [0.05, 0.1) is 27.5 Å². The van der Waals surface area contributed by atoms with E-state index in [1.807, 2.05) is 19.1 Å². The van der Waals surface area contributed by atoms with Gasteiger partial charge < -0.3 is 9.47 Å². The fourth-order valence-corrected chi connectivity index (χ4v) is 3.75. The van der Waals surface area contributed by atoms with Crippen molar-refractivity contribution < 1.29 is 32.0 Å². The molecule has 154 valence electrons. The van der Waals surface area contributed by atoms with Crippen LogP contribution in [0, 0.1) is 18.8 Å². The van der Waals surface area contributed by atoms with Crippen LogP contribution in [0.2, 0.25) is 0 Å². The van der Waals surface area contributed by atoms with Crippen molar-refractivity contribution in [3.05, 3.63) is 28.8 Å². The zero-order valence-corrected chi connectivity index (χ0v) is 17.2. The zero-order valence-electron chi connectivity index (χ0n) is 16.4.